The molecule has 0 unspecified atom stereocenters. The fraction of sp³-hybridized carbons (Fsp3) is 0.286. The molecular weight excluding hydrogens is 442 g/mol. The number of hydrogen-bond acceptors (Lipinski definition) is 6. The number of hydrogen-bond donors (Lipinski definition) is 2. The molecule has 1 fully saturated rings. The third-order valence-electron chi connectivity index (χ3n) is 5.24. The highest BCUT2D eigenvalue weighted by Gasteiger charge is 2.29. The summed E-state index contributed by atoms with van der Waals surface area (Å²) in [4.78, 5) is 5.07. The third kappa shape index (κ3) is 4.86. The van der Waals surface area contributed by atoms with E-state index in [1.165, 1.54) is 34.7 Å². The Morgan fingerprint density at radius 3 is 2.74 bits per heavy atom. The predicted octanol–water partition coefficient (Wildman–Crippen LogP) is 4.22. The van der Waals surface area contributed by atoms with Crippen molar-refractivity contribution < 1.29 is 17.2 Å². The van der Waals surface area contributed by atoms with Crippen LogP contribution < -0.4 is 10.0 Å². The molecule has 10 heteroatoms. The highest BCUT2D eigenvalue weighted by atomic mass is 32.2. The normalized spacial score (nSPS) is 17.1. The molecule has 0 radical (unpaired) electrons. The number of likely N-dealkylation sites (tertiary alicyclic amines) is 1. The Morgan fingerprint density at radius 1 is 1.26 bits per heavy atom. The van der Waals surface area contributed by atoms with Gasteiger partial charge in [0.2, 0.25) is 0 Å². The van der Waals surface area contributed by atoms with Gasteiger partial charge in [0.1, 0.15) is 5.82 Å². The van der Waals surface area contributed by atoms with E-state index in [1.807, 2.05) is 18.2 Å². The Kier molecular flexibility index (Phi) is 6.22. The molecule has 1 aliphatic rings. The van der Waals surface area contributed by atoms with E-state index in [1.54, 1.807) is 0 Å². The number of nitrogens with zero attached hydrogens (tertiary/aromatic N) is 2. The van der Waals surface area contributed by atoms with Gasteiger partial charge < -0.3 is 5.32 Å². The molecule has 0 bridgehead atoms. The Balaban J connectivity index is 1.49. The zero-order valence-corrected chi connectivity index (χ0v) is 18.4. The monoisotopic (exact) mass is 464 g/mol. The predicted molar refractivity (Wildman–Crippen MR) is 118 cm³/mol. The van der Waals surface area contributed by atoms with Crippen LogP contribution in [-0.2, 0) is 16.6 Å². The second-order valence-electron chi connectivity index (χ2n) is 7.50. The molecule has 2 N–H and O–H groups in total. The average Bonchev–Trinajstić information content (AvgIpc) is 3.38. The summed E-state index contributed by atoms with van der Waals surface area (Å²) >= 11 is 1.17. The van der Waals surface area contributed by atoms with Crippen molar-refractivity contribution in [3.05, 3.63) is 70.1 Å². The summed E-state index contributed by atoms with van der Waals surface area (Å²) in [5.41, 5.74) is 2.94. The van der Waals surface area contributed by atoms with E-state index in [2.05, 4.69) is 32.1 Å². The SMILES string of the molecule is Cc1c(N[C@H]2CCN(Cc3ccccc3)C2)cc(F)c(S(=O)(=O)Nc2cscn2)c1F. The minimum absolute atomic E-state index is 0.0109. The lowest BCUT2D eigenvalue weighted by molar-refractivity contribution is 0.328. The second kappa shape index (κ2) is 8.89. The van der Waals surface area contributed by atoms with E-state index < -0.39 is 26.6 Å². The molecule has 2 heterocycles. The first-order chi connectivity index (χ1) is 14.8. The van der Waals surface area contributed by atoms with Crippen molar-refractivity contribution in [3.8, 4) is 0 Å². The second-order valence-corrected chi connectivity index (χ2v) is 9.84. The van der Waals surface area contributed by atoms with Gasteiger partial charge in [-0.25, -0.2) is 22.2 Å². The van der Waals surface area contributed by atoms with Crippen LogP contribution in [0.4, 0.5) is 20.3 Å². The van der Waals surface area contributed by atoms with Crippen molar-refractivity contribution in [1.82, 2.24) is 9.88 Å². The van der Waals surface area contributed by atoms with Crippen molar-refractivity contribution in [1.29, 1.82) is 0 Å². The number of rotatable bonds is 7. The molecule has 6 nitrogen and oxygen atoms in total. The zero-order chi connectivity index (χ0) is 22.0. The Morgan fingerprint density at radius 2 is 2.03 bits per heavy atom. The van der Waals surface area contributed by atoms with Crippen LogP contribution in [0.5, 0.6) is 0 Å². The number of thiazole rings is 1. The van der Waals surface area contributed by atoms with E-state index in [9.17, 15) is 17.2 Å². The summed E-state index contributed by atoms with van der Waals surface area (Å²) in [7, 11) is -4.45. The van der Waals surface area contributed by atoms with Crippen molar-refractivity contribution in [2.75, 3.05) is 23.1 Å². The van der Waals surface area contributed by atoms with Crippen LogP contribution in [0.15, 0.2) is 52.2 Å². The van der Waals surface area contributed by atoms with E-state index in [0.29, 0.717) is 0 Å². The highest BCUT2D eigenvalue weighted by Crippen LogP contribution is 2.30. The standard InChI is InChI=1S/C21H22F2N4O2S2/c1-14-18(25-16-7-8-27(11-16)10-15-5-3-2-4-6-15)9-17(22)21(20(14)23)31(28,29)26-19-12-30-13-24-19/h2-6,9,12-13,16,25-26H,7-8,10-11H2,1H3/t16-/m0/s1. The molecular formula is C21H22F2N4O2S2. The lowest BCUT2D eigenvalue weighted by Gasteiger charge is -2.20. The summed E-state index contributed by atoms with van der Waals surface area (Å²) in [6, 6.07) is 11.2. The van der Waals surface area contributed by atoms with Gasteiger partial charge in [0.25, 0.3) is 10.0 Å². The van der Waals surface area contributed by atoms with E-state index in [0.717, 1.165) is 32.1 Å². The number of aromatic nitrogens is 1. The average molecular weight is 465 g/mol. The smallest absolute Gasteiger partial charge is 0.268 e. The molecule has 1 aromatic heterocycles. The fourth-order valence-corrected chi connectivity index (χ4v) is 5.45. The van der Waals surface area contributed by atoms with Crippen molar-refractivity contribution in [2.24, 2.45) is 0 Å². The molecule has 0 amide bonds. The molecule has 1 aliphatic heterocycles. The van der Waals surface area contributed by atoms with Gasteiger partial charge in [0.05, 0.1) is 5.51 Å². The van der Waals surface area contributed by atoms with Gasteiger partial charge in [-0.05, 0) is 25.0 Å². The Labute approximate surface area is 184 Å². The maximum Gasteiger partial charge on any atom is 0.268 e. The number of anilines is 2. The van der Waals surface area contributed by atoms with Crippen LogP contribution in [0.3, 0.4) is 0 Å². The first-order valence-electron chi connectivity index (χ1n) is 9.76. The molecule has 4 rings (SSSR count). The largest absolute Gasteiger partial charge is 0.381 e. The Bertz CT molecular complexity index is 1160. The minimum Gasteiger partial charge on any atom is -0.381 e. The van der Waals surface area contributed by atoms with Gasteiger partial charge in [0, 0.05) is 42.3 Å². The fourth-order valence-electron chi connectivity index (χ4n) is 3.70. The van der Waals surface area contributed by atoms with Gasteiger partial charge in [-0.3, -0.25) is 9.62 Å². The molecule has 3 aromatic rings. The maximum atomic E-state index is 15.0. The molecule has 1 saturated heterocycles. The van der Waals surface area contributed by atoms with Gasteiger partial charge in [-0.15, -0.1) is 11.3 Å². The number of halogens is 2. The Hall–Kier alpha value is -2.56. The summed E-state index contributed by atoms with van der Waals surface area (Å²) < 4.78 is 56.8. The van der Waals surface area contributed by atoms with Gasteiger partial charge in [-0.2, -0.15) is 0 Å². The first kappa shape index (κ1) is 21.7. The topological polar surface area (TPSA) is 74.3 Å². The van der Waals surface area contributed by atoms with Gasteiger partial charge >= 0.3 is 0 Å². The summed E-state index contributed by atoms with van der Waals surface area (Å²) in [5.74, 6) is -2.23. The number of nitrogens with one attached hydrogen (secondary N) is 2. The lowest BCUT2D eigenvalue weighted by atomic mass is 10.1. The number of sulfonamides is 1. The van der Waals surface area contributed by atoms with Crippen LogP contribution in [0, 0.1) is 18.6 Å². The van der Waals surface area contributed by atoms with E-state index in [-0.39, 0.29) is 23.1 Å². The van der Waals surface area contributed by atoms with Crippen LogP contribution in [0.1, 0.15) is 17.5 Å². The summed E-state index contributed by atoms with van der Waals surface area (Å²) in [6.45, 7) is 3.83. The van der Waals surface area contributed by atoms with Gasteiger partial charge in [0.15, 0.2) is 16.5 Å². The molecule has 1 atom stereocenters. The molecule has 0 aliphatic carbocycles. The minimum atomic E-state index is -4.45. The van der Waals surface area contributed by atoms with Crippen molar-refractivity contribution in [2.45, 2.75) is 30.8 Å². The first-order valence-corrected chi connectivity index (χ1v) is 12.2. The van der Waals surface area contributed by atoms with Gasteiger partial charge in [-0.1, -0.05) is 30.3 Å². The van der Waals surface area contributed by atoms with E-state index in [4.69, 9.17) is 0 Å². The lowest BCUT2D eigenvalue weighted by Crippen LogP contribution is -2.26. The maximum absolute atomic E-state index is 15.0. The van der Waals surface area contributed by atoms with Crippen LogP contribution in [-0.4, -0.2) is 37.4 Å². The van der Waals surface area contributed by atoms with Crippen molar-refractivity contribution >= 4 is 32.9 Å². The van der Waals surface area contributed by atoms with Crippen LogP contribution >= 0.6 is 11.3 Å². The third-order valence-corrected chi connectivity index (χ3v) is 7.22. The molecule has 2 aromatic carbocycles. The highest BCUT2D eigenvalue weighted by molar-refractivity contribution is 7.92. The number of benzene rings is 2. The summed E-state index contributed by atoms with van der Waals surface area (Å²) in [6.07, 6.45) is 0.820. The summed E-state index contributed by atoms with van der Waals surface area (Å²) in [5, 5.41) is 4.63. The zero-order valence-electron chi connectivity index (χ0n) is 16.8. The quantitative estimate of drug-likeness (QED) is 0.548. The molecule has 31 heavy (non-hydrogen) atoms. The van der Waals surface area contributed by atoms with Crippen LogP contribution in [0.25, 0.3) is 0 Å². The molecule has 0 saturated carbocycles. The van der Waals surface area contributed by atoms with Crippen molar-refractivity contribution in [3.63, 3.8) is 0 Å². The van der Waals surface area contributed by atoms with Crippen LogP contribution in [0.2, 0.25) is 0 Å². The molecule has 0 spiro atoms. The van der Waals surface area contributed by atoms with E-state index >= 15 is 0 Å². The molecule has 164 valence electrons.